The zero-order chi connectivity index (χ0) is 76.0. The van der Waals surface area contributed by atoms with E-state index < -0.39 is 0 Å². The molecule has 23 aromatic rings. The van der Waals surface area contributed by atoms with Gasteiger partial charge in [0.05, 0.1) is 0 Å². The average Bonchev–Trinajstić information content (AvgIpc) is 1.74. The Morgan fingerprint density at radius 1 is 0.179 bits per heavy atom. The molecule has 6 heteroatoms. The Kier molecular flexibility index (Phi) is 16.3. The molecule has 0 aliphatic rings. The summed E-state index contributed by atoms with van der Waals surface area (Å²) in [7, 11) is 0. The molecule has 0 fully saturated rings. The van der Waals surface area contributed by atoms with Crippen molar-refractivity contribution >= 4 is 235 Å². The minimum atomic E-state index is 1.27. The van der Waals surface area contributed by atoms with Crippen molar-refractivity contribution in [3.63, 3.8) is 0 Å². The van der Waals surface area contributed by atoms with Gasteiger partial charge in [-0.2, -0.15) is 0 Å². The molecule has 0 nitrogen and oxygen atoms in total. The second kappa shape index (κ2) is 26.4. The van der Waals surface area contributed by atoms with Crippen molar-refractivity contribution in [2.45, 2.75) is 83.1 Å². The van der Waals surface area contributed by atoms with Gasteiger partial charge in [-0.15, -0.1) is 68.0 Å². The quantitative estimate of drug-likeness (QED) is 0.122. The molecule has 112 heavy (non-hydrogen) atoms. The zero-order valence-electron chi connectivity index (χ0n) is 64.7. The first-order chi connectivity index (χ1) is 54.4. The van der Waals surface area contributed by atoms with Crippen LogP contribution in [0, 0.1) is 83.1 Å². The highest BCUT2D eigenvalue weighted by Crippen LogP contribution is 2.53. The van der Waals surface area contributed by atoms with E-state index in [2.05, 4.69) is 336 Å². The summed E-state index contributed by atoms with van der Waals surface area (Å²) in [4.78, 5) is 2.62. The van der Waals surface area contributed by atoms with Gasteiger partial charge in [0.25, 0.3) is 0 Å². The number of hydrogen-bond acceptors (Lipinski definition) is 6. The molecule has 0 aliphatic carbocycles. The highest BCUT2D eigenvalue weighted by Gasteiger charge is 2.24. The highest BCUT2D eigenvalue weighted by atomic mass is 32.1. The fourth-order valence-electron chi connectivity index (χ4n) is 17.9. The molecule has 0 radical (unpaired) electrons. The minimum Gasteiger partial charge on any atom is -0.143 e. The van der Waals surface area contributed by atoms with E-state index in [1.54, 1.807) is 0 Å². The van der Waals surface area contributed by atoms with Crippen LogP contribution in [0.15, 0.2) is 253 Å². The first-order valence-corrected chi connectivity index (χ1v) is 43.8. The number of fused-ring (bicyclic) bond motifs is 30. The van der Waals surface area contributed by atoms with Crippen LogP contribution in [-0.4, -0.2) is 0 Å². The lowest BCUT2D eigenvalue weighted by atomic mass is 9.88. The fraction of sp³-hybridized carbons (Fsp3) is 0.113. The molecule has 0 saturated carbocycles. The number of thiophene rings is 6. The maximum Gasteiger partial charge on any atom is 0.0440 e. The third kappa shape index (κ3) is 11.0. The maximum absolute atomic E-state index is 2.53. The van der Waals surface area contributed by atoms with Gasteiger partial charge in [-0.1, -0.05) is 158 Å². The van der Waals surface area contributed by atoms with Gasteiger partial charge < -0.3 is 0 Å². The summed E-state index contributed by atoms with van der Waals surface area (Å²) < 4.78 is 11.0. The predicted molar refractivity (Wildman–Crippen MR) is 505 cm³/mol. The van der Waals surface area contributed by atoms with Crippen molar-refractivity contribution in [2.24, 2.45) is 0 Å². The smallest absolute Gasteiger partial charge is 0.0440 e. The van der Waals surface area contributed by atoms with Gasteiger partial charge in [0.1, 0.15) is 0 Å². The van der Waals surface area contributed by atoms with Crippen molar-refractivity contribution in [1.29, 1.82) is 0 Å². The predicted octanol–water partition coefficient (Wildman–Crippen LogP) is 34.2. The zero-order valence-corrected chi connectivity index (χ0v) is 69.6. The molecule has 23 rings (SSSR count). The van der Waals surface area contributed by atoms with Crippen LogP contribution in [0.3, 0.4) is 0 Å². The Hall–Kier alpha value is -10.9. The number of aryl methyl sites for hydroxylation is 12. The molecule has 6 heterocycles. The van der Waals surface area contributed by atoms with E-state index in [4.69, 9.17) is 0 Å². The molecule has 0 atom stereocenters. The highest BCUT2D eigenvalue weighted by molar-refractivity contribution is 7.28. The third-order valence-electron chi connectivity index (χ3n) is 24.8. The lowest BCUT2D eigenvalue weighted by molar-refractivity contribution is 1.34. The van der Waals surface area contributed by atoms with Gasteiger partial charge >= 0.3 is 0 Å². The Balaban J connectivity index is 0.000000107. The summed E-state index contributed by atoms with van der Waals surface area (Å²) in [5.41, 5.74) is 23.8. The van der Waals surface area contributed by atoms with Crippen LogP contribution >= 0.6 is 68.0 Å². The first kappa shape index (κ1) is 69.1. The van der Waals surface area contributed by atoms with Crippen LogP contribution in [0.4, 0.5) is 0 Å². The fourth-order valence-corrected chi connectivity index (χ4v) is 24.4. The Morgan fingerprint density at radius 3 is 0.848 bits per heavy atom. The van der Waals surface area contributed by atoms with Crippen molar-refractivity contribution in [3.8, 4) is 43.1 Å². The van der Waals surface area contributed by atoms with Crippen LogP contribution in [-0.2, 0) is 0 Å². The van der Waals surface area contributed by atoms with Crippen LogP contribution in [0.2, 0.25) is 0 Å². The van der Waals surface area contributed by atoms with E-state index in [0.29, 0.717) is 0 Å². The number of rotatable bonds is 4. The van der Waals surface area contributed by atoms with Gasteiger partial charge in [0, 0.05) is 112 Å². The van der Waals surface area contributed by atoms with Gasteiger partial charge in [-0.25, -0.2) is 0 Å². The molecule has 0 bridgehead atoms. The second-order valence-electron chi connectivity index (χ2n) is 31.6. The van der Waals surface area contributed by atoms with E-state index in [0.717, 1.165) is 0 Å². The lowest BCUT2D eigenvalue weighted by Crippen LogP contribution is -1.92. The van der Waals surface area contributed by atoms with Crippen LogP contribution in [0.25, 0.3) is 210 Å². The third-order valence-corrected chi connectivity index (χ3v) is 31.4. The Bertz CT molecular complexity index is 7500. The average molecular weight is 1540 g/mol. The summed E-state index contributed by atoms with van der Waals surface area (Å²) in [6.07, 6.45) is 0. The molecule has 0 aliphatic heterocycles. The number of benzene rings is 17. The topological polar surface area (TPSA) is 0 Å². The molecule has 0 spiro atoms. The van der Waals surface area contributed by atoms with Gasteiger partial charge in [0.15, 0.2) is 0 Å². The van der Waals surface area contributed by atoms with Crippen molar-refractivity contribution in [3.05, 3.63) is 320 Å². The summed E-state index contributed by atoms with van der Waals surface area (Å²) in [5, 5.41) is 37.4. The summed E-state index contributed by atoms with van der Waals surface area (Å²) in [5.74, 6) is 0. The van der Waals surface area contributed by atoms with Crippen LogP contribution in [0.5, 0.6) is 0 Å². The molecular formula is C106H78S6. The van der Waals surface area contributed by atoms with Crippen molar-refractivity contribution < 1.29 is 0 Å². The molecular weight excluding hydrogens is 1470 g/mol. The minimum absolute atomic E-state index is 1.27. The van der Waals surface area contributed by atoms with E-state index in [9.17, 15) is 0 Å². The first-order valence-electron chi connectivity index (χ1n) is 38.8. The van der Waals surface area contributed by atoms with E-state index in [1.165, 1.54) is 277 Å². The standard InChI is InChI=1S/C38H26S2.C38H30S2.C30H22S2/c1-19-13-25-27-17-28-26-14-20(2)22(4)16-30(26)36-24-10-6-8-12-34(24)40-38(36)32(28)18-31(27)37-35(29(25)15-21(19)3)23-9-5-7-11-33(23)39-37;1-23-13-15-27(17-25(23)3)31-21-32(28-16-14-24(2)26(4)18-28)34(38-20-30-10-6-8-12-36(30)40-38)22-33(31)37-19-29-9-5-7-11-35(29)39-37;1-15-9-21-19-5-7-31-29(19)27-14-28-26(13-25(27)23(21)11-17(15)3)24-12-18(4)16(2)10-22(24)20-6-8-32-30(20)28/h5-18H,1-4H3;5-22H,1-4H3;5-14H,1-4H3. The summed E-state index contributed by atoms with van der Waals surface area (Å²) in [6, 6.07) is 92.7. The lowest BCUT2D eigenvalue weighted by Gasteiger charge is -2.18. The van der Waals surface area contributed by atoms with E-state index in [1.807, 2.05) is 68.0 Å². The van der Waals surface area contributed by atoms with Crippen LogP contribution < -0.4 is 0 Å². The van der Waals surface area contributed by atoms with Gasteiger partial charge in [0.2, 0.25) is 0 Å². The SMILES string of the molecule is Cc1cc2c(cc1C)c1ccsc1c1cc3c(cc21)c1cc(C)c(C)cc1c1ccsc13.Cc1cc2c3cc4c5cc(C)c(C)cc5c5c6ccccc6sc5c4cc3c3sc4ccccc4c3c2cc1C.Cc1ccc(-c2cc(-c3ccc(C)c(C)c3)c(-c3cc4ccccc4s3)cc2-c2cc3ccccc3s2)cc1C. The van der Waals surface area contributed by atoms with Crippen molar-refractivity contribution in [2.75, 3.05) is 0 Å². The molecule has 0 saturated heterocycles. The molecule has 17 aromatic carbocycles. The van der Waals surface area contributed by atoms with E-state index >= 15 is 0 Å². The molecule has 6 aromatic heterocycles. The Labute approximate surface area is 675 Å². The second-order valence-corrected chi connectivity index (χ2v) is 37.7. The molecule has 0 unspecified atom stereocenters. The Morgan fingerprint density at radius 2 is 0.473 bits per heavy atom. The molecule has 0 N–H and O–H groups in total. The summed E-state index contributed by atoms with van der Waals surface area (Å²) >= 11 is 11.4. The number of hydrogen-bond donors (Lipinski definition) is 0. The molecule has 538 valence electrons. The van der Waals surface area contributed by atoms with Gasteiger partial charge in [-0.05, 0) is 343 Å². The van der Waals surface area contributed by atoms with Crippen molar-refractivity contribution in [1.82, 2.24) is 0 Å². The maximum atomic E-state index is 2.53. The van der Waals surface area contributed by atoms with E-state index in [-0.39, 0.29) is 0 Å². The van der Waals surface area contributed by atoms with Crippen LogP contribution in [0.1, 0.15) is 66.8 Å². The monoisotopic (exact) mass is 1540 g/mol. The molecule has 0 amide bonds. The van der Waals surface area contributed by atoms with Gasteiger partial charge in [-0.3, -0.25) is 0 Å². The largest absolute Gasteiger partial charge is 0.143 e. The summed E-state index contributed by atoms with van der Waals surface area (Å²) in [6.45, 7) is 26.7. The normalized spacial score (nSPS) is 12.1.